The van der Waals surface area contributed by atoms with Crippen molar-refractivity contribution in [3.63, 3.8) is 0 Å². The highest BCUT2D eigenvalue weighted by Crippen LogP contribution is 2.31. The third-order valence-electron chi connectivity index (χ3n) is 6.76. The number of amides is 2. The zero-order chi connectivity index (χ0) is 29.9. The van der Waals surface area contributed by atoms with E-state index in [1.54, 1.807) is 0 Å². The molecule has 0 bridgehead atoms. The van der Waals surface area contributed by atoms with Gasteiger partial charge in [-0.15, -0.1) is 5.48 Å². The van der Waals surface area contributed by atoms with Crippen LogP contribution in [0.4, 0.5) is 0 Å². The van der Waals surface area contributed by atoms with E-state index in [1.165, 1.54) is 0 Å². The average Bonchev–Trinajstić information content (AvgIpc) is 3.29. The van der Waals surface area contributed by atoms with Gasteiger partial charge in [0.25, 0.3) is 0 Å². The maximum atomic E-state index is 12.6. The van der Waals surface area contributed by atoms with Crippen LogP contribution in [0.15, 0.2) is 59.4 Å². The number of aliphatic carboxylic acids is 2. The first-order chi connectivity index (χ1) is 19.5. The lowest BCUT2D eigenvalue weighted by Crippen LogP contribution is -2.56. The summed E-state index contributed by atoms with van der Waals surface area (Å²) in [5.41, 5.74) is 10.3. The fraction of sp³-hybridized carbons (Fsp3) is 0.429. The van der Waals surface area contributed by atoms with Crippen LogP contribution < -0.4 is 21.8 Å². The quantitative estimate of drug-likeness (QED) is 0.148. The van der Waals surface area contributed by atoms with Crippen molar-refractivity contribution in [3.8, 4) is 0 Å². The Morgan fingerprint density at radius 1 is 1.07 bits per heavy atom. The summed E-state index contributed by atoms with van der Waals surface area (Å²) in [5, 5.41) is 34.1. The summed E-state index contributed by atoms with van der Waals surface area (Å²) in [6.07, 6.45) is 7.13. The summed E-state index contributed by atoms with van der Waals surface area (Å²) >= 11 is 6.22. The molecule has 1 aliphatic carbocycles. The summed E-state index contributed by atoms with van der Waals surface area (Å²) in [6, 6.07) is 5.38. The minimum absolute atomic E-state index is 0.0351. The van der Waals surface area contributed by atoms with E-state index >= 15 is 0 Å². The van der Waals surface area contributed by atoms with Crippen molar-refractivity contribution in [1.82, 2.24) is 16.1 Å². The second-order valence-corrected chi connectivity index (χ2v) is 10.3. The number of hydrogen-bond donors (Lipinski definition) is 7. The molecule has 0 saturated heterocycles. The van der Waals surface area contributed by atoms with Crippen molar-refractivity contribution in [2.24, 2.45) is 5.73 Å². The maximum absolute atomic E-state index is 12.6. The van der Waals surface area contributed by atoms with E-state index in [0.717, 1.165) is 29.0 Å². The number of benzene rings is 1. The van der Waals surface area contributed by atoms with E-state index in [-0.39, 0.29) is 37.6 Å². The van der Waals surface area contributed by atoms with Crippen molar-refractivity contribution in [1.29, 1.82) is 0 Å². The highest BCUT2D eigenvalue weighted by molar-refractivity contribution is 6.31. The number of hydrogen-bond acceptors (Lipinski definition) is 8. The molecular weight excluding hydrogens is 556 g/mol. The van der Waals surface area contributed by atoms with E-state index in [9.17, 15) is 24.3 Å². The Morgan fingerprint density at radius 3 is 2.44 bits per heavy atom. The normalized spacial score (nSPS) is 20.5. The molecule has 0 saturated carbocycles. The molecule has 0 aromatic heterocycles. The van der Waals surface area contributed by atoms with Gasteiger partial charge in [-0.1, -0.05) is 48.0 Å². The van der Waals surface area contributed by atoms with Gasteiger partial charge in [0.1, 0.15) is 12.0 Å². The average molecular weight is 591 g/mol. The molecule has 1 aromatic carbocycles. The van der Waals surface area contributed by atoms with Gasteiger partial charge in [-0.25, -0.2) is 0 Å². The van der Waals surface area contributed by atoms with Crippen LogP contribution in [0.1, 0.15) is 68.0 Å². The number of allylic oxidation sites excluding steroid dienone is 5. The highest BCUT2D eigenvalue weighted by Gasteiger charge is 2.28. The molecule has 12 nitrogen and oxygen atoms in total. The predicted molar refractivity (Wildman–Crippen MR) is 149 cm³/mol. The van der Waals surface area contributed by atoms with Crippen molar-refractivity contribution in [2.45, 2.75) is 75.2 Å². The summed E-state index contributed by atoms with van der Waals surface area (Å²) < 4.78 is 0. The first-order valence-electron chi connectivity index (χ1n) is 13.2. The van der Waals surface area contributed by atoms with Crippen LogP contribution in [-0.2, 0) is 24.0 Å². The van der Waals surface area contributed by atoms with Crippen LogP contribution >= 0.6 is 11.6 Å². The third kappa shape index (κ3) is 10.3. The number of primary amides is 1. The number of hydroxylamine groups is 1. The van der Waals surface area contributed by atoms with Crippen LogP contribution in [0.3, 0.4) is 0 Å². The van der Waals surface area contributed by atoms with Gasteiger partial charge in [0.2, 0.25) is 11.8 Å². The van der Waals surface area contributed by atoms with Gasteiger partial charge in [0.05, 0.1) is 24.5 Å². The van der Waals surface area contributed by atoms with E-state index in [4.69, 9.17) is 32.4 Å². The lowest BCUT2D eigenvalue weighted by molar-refractivity contribution is -0.140. The van der Waals surface area contributed by atoms with Crippen LogP contribution in [-0.4, -0.2) is 57.4 Å². The number of carbonyl (C=O) groups excluding carboxylic acids is 2. The monoisotopic (exact) mass is 590 g/mol. The maximum Gasteiger partial charge on any atom is 0.305 e. The molecule has 2 amide bonds. The summed E-state index contributed by atoms with van der Waals surface area (Å²) in [4.78, 5) is 51.8. The van der Waals surface area contributed by atoms with Crippen LogP contribution in [0.2, 0.25) is 0 Å². The molecule has 5 atom stereocenters. The second-order valence-electron chi connectivity index (χ2n) is 9.91. The highest BCUT2D eigenvalue weighted by atomic mass is 35.5. The summed E-state index contributed by atoms with van der Waals surface area (Å²) in [6.45, 7) is 0. The Labute approximate surface area is 242 Å². The molecule has 5 unspecified atom stereocenters. The number of carboxylic acid groups (broad SMARTS) is 2. The lowest BCUT2D eigenvalue weighted by atomic mass is 9.93. The minimum atomic E-state index is -1.62. The van der Waals surface area contributed by atoms with Crippen molar-refractivity contribution in [2.75, 3.05) is 0 Å². The number of halogens is 1. The summed E-state index contributed by atoms with van der Waals surface area (Å²) in [5.74, 6) is -3.23. The van der Waals surface area contributed by atoms with Gasteiger partial charge in [0, 0.05) is 30.2 Å². The Kier molecular flexibility index (Phi) is 11.9. The standard InChI is InChI=1S/C28H35ClN4O8/c29-19-4-2-1-3-18(13-19)16-5-7-17(8-6-16)22-14-20(41-33-22)9-11-24(34)31-21(10-12-25(35)36)28(40)32-23(27(30)39)15-26(37)38/h2,4-8,13-14,18,21-23,28,32-33,40H,1,3,9-12,15H2,(H2,30,39)(H,31,34)(H,35,36)(H,37,38). The molecule has 2 aliphatic rings. The van der Waals surface area contributed by atoms with E-state index < -0.39 is 48.5 Å². The molecule has 13 heteroatoms. The number of rotatable bonds is 15. The number of nitrogens with one attached hydrogen (secondary N) is 3. The Hall–Kier alpha value is -3.71. The van der Waals surface area contributed by atoms with Crippen molar-refractivity contribution >= 4 is 35.4 Å². The Balaban J connectivity index is 1.55. The zero-order valence-electron chi connectivity index (χ0n) is 22.3. The molecule has 3 rings (SSSR count). The lowest BCUT2D eigenvalue weighted by Gasteiger charge is -2.27. The molecular formula is C28H35ClN4O8. The summed E-state index contributed by atoms with van der Waals surface area (Å²) in [7, 11) is 0. The third-order valence-corrected chi connectivity index (χ3v) is 7.02. The van der Waals surface area contributed by atoms with Crippen LogP contribution in [0.5, 0.6) is 0 Å². The smallest absolute Gasteiger partial charge is 0.305 e. The number of nitrogens with two attached hydrogens (primary N) is 1. The van der Waals surface area contributed by atoms with Gasteiger partial charge < -0.3 is 31.2 Å². The van der Waals surface area contributed by atoms with E-state index in [2.05, 4.69) is 34.3 Å². The molecule has 1 aliphatic heterocycles. The van der Waals surface area contributed by atoms with Crippen LogP contribution in [0, 0.1) is 0 Å². The molecule has 222 valence electrons. The Morgan fingerprint density at radius 2 is 1.78 bits per heavy atom. The molecule has 1 heterocycles. The zero-order valence-corrected chi connectivity index (χ0v) is 23.0. The first kappa shape index (κ1) is 31.8. The SMILES string of the molecule is NC(=O)C(CC(=O)O)NC(O)C(CCC(=O)O)NC(=O)CCC1=CC(c2ccc(C3C=C(Cl)C=CCC3)cc2)NO1. The van der Waals surface area contributed by atoms with Gasteiger partial charge in [-0.05, 0) is 42.5 Å². The number of aliphatic hydroxyl groups is 1. The number of carbonyl (C=O) groups is 4. The van der Waals surface area contributed by atoms with E-state index in [0.29, 0.717) is 5.76 Å². The molecule has 41 heavy (non-hydrogen) atoms. The van der Waals surface area contributed by atoms with Gasteiger partial charge in [0.15, 0.2) is 0 Å². The molecule has 0 spiro atoms. The molecule has 8 N–H and O–H groups in total. The number of aliphatic hydroxyl groups excluding tert-OH is 1. The molecule has 0 fully saturated rings. The van der Waals surface area contributed by atoms with Gasteiger partial charge in [-0.2, -0.15) is 0 Å². The van der Waals surface area contributed by atoms with Crippen LogP contribution in [0.25, 0.3) is 0 Å². The largest absolute Gasteiger partial charge is 0.481 e. The van der Waals surface area contributed by atoms with Crippen molar-refractivity contribution < 1.29 is 39.3 Å². The minimum Gasteiger partial charge on any atom is -0.481 e. The Bertz CT molecular complexity index is 1200. The molecule has 1 aromatic rings. The molecule has 0 radical (unpaired) electrons. The first-order valence-corrected chi connectivity index (χ1v) is 13.6. The fourth-order valence-electron chi connectivity index (χ4n) is 4.55. The number of carboxylic acids is 2. The van der Waals surface area contributed by atoms with Crippen molar-refractivity contribution in [3.05, 3.63) is 70.5 Å². The van der Waals surface area contributed by atoms with Gasteiger partial charge in [-0.3, -0.25) is 24.5 Å². The topological polar surface area (TPSA) is 200 Å². The van der Waals surface area contributed by atoms with Gasteiger partial charge >= 0.3 is 11.9 Å². The van der Waals surface area contributed by atoms with E-state index in [1.807, 2.05) is 30.4 Å². The fourth-order valence-corrected chi connectivity index (χ4v) is 4.79. The predicted octanol–water partition coefficient (Wildman–Crippen LogP) is 2.07. The second kappa shape index (κ2) is 15.3.